The molecule has 2 rings (SSSR count). The molecular formula is C17H18ClFN2O3S. The zero-order chi connectivity index (χ0) is 18.4. The van der Waals surface area contributed by atoms with Gasteiger partial charge in [-0.2, -0.15) is 4.31 Å². The number of amides is 1. The Morgan fingerprint density at radius 3 is 2.52 bits per heavy atom. The van der Waals surface area contributed by atoms with Crippen molar-refractivity contribution in [2.75, 3.05) is 20.1 Å². The van der Waals surface area contributed by atoms with Gasteiger partial charge in [-0.25, -0.2) is 12.8 Å². The molecule has 0 heterocycles. The molecule has 134 valence electrons. The number of hydrogen-bond acceptors (Lipinski definition) is 3. The monoisotopic (exact) mass is 384 g/mol. The summed E-state index contributed by atoms with van der Waals surface area (Å²) in [6.45, 7) is 0.0405. The molecule has 0 atom stereocenters. The minimum Gasteiger partial charge on any atom is -0.355 e. The Balaban J connectivity index is 1.87. The van der Waals surface area contributed by atoms with Crippen LogP contribution in [0, 0.1) is 5.82 Å². The molecule has 0 saturated heterocycles. The molecule has 8 heteroatoms. The van der Waals surface area contributed by atoms with Gasteiger partial charge in [0.25, 0.3) is 0 Å². The number of carbonyl (C=O) groups excluding carboxylic acids is 1. The Hall–Kier alpha value is -1.96. The molecule has 0 bridgehead atoms. The van der Waals surface area contributed by atoms with E-state index in [-0.39, 0.29) is 11.4 Å². The second kappa shape index (κ2) is 8.42. The van der Waals surface area contributed by atoms with E-state index in [1.165, 1.54) is 7.05 Å². The third-order valence-corrected chi connectivity index (χ3v) is 5.57. The van der Waals surface area contributed by atoms with Gasteiger partial charge >= 0.3 is 0 Å². The molecule has 0 aromatic heterocycles. The number of sulfonamides is 1. The Morgan fingerprint density at radius 1 is 1.20 bits per heavy atom. The first-order chi connectivity index (χ1) is 11.8. The van der Waals surface area contributed by atoms with Gasteiger partial charge < -0.3 is 5.32 Å². The largest absolute Gasteiger partial charge is 0.355 e. The lowest BCUT2D eigenvalue weighted by Gasteiger charge is -2.17. The lowest BCUT2D eigenvalue weighted by molar-refractivity contribution is -0.121. The highest BCUT2D eigenvalue weighted by molar-refractivity contribution is 7.89. The zero-order valence-corrected chi connectivity index (χ0v) is 15.1. The first-order valence-corrected chi connectivity index (χ1v) is 9.34. The number of halogens is 2. The van der Waals surface area contributed by atoms with Crippen LogP contribution >= 0.6 is 11.6 Å². The molecule has 0 radical (unpaired) electrons. The summed E-state index contributed by atoms with van der Waals surface area (Å²) >= 11 is 5.89. The summed E-state index contributed by atoms with van der Waals surface area (Å²) in [7, 11) is -2.54. The van der Waals surface area contributed by atoms with E-state index in [4.69, 9.17) is 11.6 Å². The molecule has 1 N–H and O–H groups in total. The fourth-order valence-corrected chi connectivity index (χ4v) is 3.51. The van der Waals surface area contributed by atoms with Gasteiger partial charge in [-0.3, -0.25) is 4.79 Å². The summed E-state index contributed by atoms with van der Waals surface area (Å²) < 4.78 is 38.5. The molecule has 0 saturated carbocycles. The third kappa shape index (κ3) is 5.52. The van der Waals surface area contributed by atoms with Gasteiger partial charge in [0.1, 0.15) is 5.82 Å². The van der Waals surface area contributed by atoms with Gasteiger partial charge in [0, 0.05) is 18.6 Å². The van der Waals surface area contributed by atoms with Crippen LogP contribution < -0.4 is 5.32 Å². The van der Waals surface area contributed by atoms with E-state index < -0.39 is 21.7 Å². The van der Waals surface area contributed by atoms with Crippen molar-refractivity contribution < 1.29 is 17.6 Å². The predicted molar refractivity (Wildman–Crippen MR) is 94.4 cm³/mol. The second-order valence-electron chi connectivity index (χ2n) is 5.44. The minimum absolute atomic E-state index is 0.0665. The maximum absolute atomic E-state index is 12.9. The van der Waals surface area contributed by atoms with Crippen LogP contribution in [0.1, 0.15) is 5.56 Å². The van der Waals surface area contributed by atoms with Crippen molar-refractivity contribution in [3.8, 4) is 0 Å². The first-order valence-electron chi connectivity index (χ1n) is 7.52. The molecule has 0 fully saturated rings. The van der Waals surface area contributed by atoms with Crippen LogP contribution in [0.25, 0.3) is 0 Å². The minimum atomic E-state index is -3.85. The second-order valence-corrected chi connectivity index (χ2v) is 7.93. The van der Waals surface area contributed by atoms with Crippen LogP contribution in [0.4, 0.5) is 4.39 Å². The van der Waals surface area contributed by atoms with Gasteiger partial charge in [0.2, 0.25) is 15.9 Å². The van der Waals surface area contributed by atoms with Crippen LogP contribution in [-0.4, -0.2) is 38.8 Å². The summed E-state index contributed by atoms with van der Waals surface area (Å²) in [4.78, 5) is 11.9. The molecule has 5 nitrogen and oxygen atoms in total. The number of likely N-dealkylation sites (N-methyl/N-ethyl adjacent to an activating group) is 1. The maximum atomic E-state index is 12.9. The number of rotatable bonds is 7. The molecule has 25 heavy (non-hydrogen) atoms. The van der Waals surface area contributed by atoms with Crippen molar-refractivity contribution >= 4 is 27.5 Å². The summed E-state index contributed by atoms with van der Waals surface area (Å²) in [5.41, 5.74) is 0.972. The molecular weight excluding hydrogens is 367 g/mol. The molecule has 1 amide bonds. The standard InChI is InChI=1S/C17H18ClFN2O3S/c1-21(25(23,24)16-7-5-15(19)6-8-16)12-17(22)20-10-9-13-3-2-4-14(18)11-13/h2-8,11H,9-10,12H2,1H3,(H,20,22). The van der Waals surface area contributed by atoms with Crippen molar-refractivity contribution in [1.82, 2.24) is 9.62 Å². The Kier molecular flexibility index (Phi) is 6.52. The van der Waals surface area contributed by atoms with Crippen molar-refractivity contribution in [1.29, 1.82) is 0 Å². The van der Waals surface area contributed by atoms with Gasteiger partial charge in [0.15, 0.2) is 0 Å². The summed E-state index contributed by atoms with van der Waals surface area (Å²) in [5.74, 6) is -0.949. The maximum Gasteiger partial charge on any atom is 0.243 e. The molecule has 0 aliphatic carbocycles. The van der Waals surface area contributed by atoms with Crippen LogP contribution in [0.2, 0.25) is 5.02 Å². The fourth-order valence-electron chi connectivity index (χ4n) is 2.17. The molecule has 2 aromatic rings. The number of carbonyl (C=O) groups is 1. The van der Waals surface area contributed by atoms with Gasteiger partial charge in [-0.05, 0) is 48.4 Å². The number of benzene rings is 2. The molecule has 0 spiro atoms. The molecule has 0 unspecified atom stereocenters. The number of nitrogens with zero attached hydrogens (tertiary/aromatic N) is 1. The summed E-state index contributed by atoms with van der Waals surface area (Å²) in [5, 5.41) is 3.29. The van der Waals surface area contributed by atoms with E-state index in [1.807, 2.05) is 12.1 Å². The lowest BCUT2D eigenvalue weighted by Crippen LogP contribution is -2.39. The number of nitrogens with one attached hydrogen (secondary N) is 1. The van der Waals surface area contributed by atoms with Gasteiger partial charge in [-0.15, -0.1) is 0 Å². The Morgan fingerprint density at radius 2 is 1.88 bits per heavy atom. The first kappa shape index (κ1) is 19.4. The average Bonchev–Trinajstić information content (AvgIpc) is 2.55. The SMILES string of the molecule is CN(CC(=O)NCCc1cccc(Cl)c1)S(=O)(=O)c1ccc(F)cc1. The molecule has 2 aromatic carbocycles. The van der Waals surface area contributed by atoms with Crippen molar-refractivity contribution in [2.24, 2.45) is 0 Å². The van der Waals surface area contributed by atoms with Crippen LogP contribution in [0.3, 0.4) is 0 Å². The van der Waals surface area contributed by atoms with Crippen molar-refractivity contribution in [3.05, 3.63) is 64.9 Å². The average molecular weight is 385 g/mol. The van der Waals surface area contributed by atoms with Crippen molar-refractivity contribution in [2.45, 2.75) is 11.3 Å². The topological polar surface area (TPSA) is 66.5 Å². The van der Waals surface area contributed by atoms with Crippen LogP contribution in [0.5, 0.6) is 0 Å². The third-order valence-electron chi connectivity index (χ3n) is 3.51. The van der Waals surface area contributed by atoms with E-state index in [0.29, 0.717) is 18.0 Å². The van der Waals surface area contributed by atoms with E-state index in [0.717, 1.165) is 34.1 Å². The fraction of sp³-hybridized carbons (Fsp3) is 0.235. The Labute approximate surface area is 151 Å². The van der Waals surface area contributed by atoms with Crippen molar-refractivity contribution in [3.63, 3.8) is 0 Å². The van der Waals surface area contributed by atoms with E-state index in [1.54, 1.807) is 12.1 Å². The van der Waals surface area contributed by atoms with Gasteiger partial charge in [-0.1, -0.05) is 23.7 Å². The highest BCUT2D eigenvalue weighted by atomic mass is 35.5. The molecule has 0 aliphatic rings. The smallest absolute Gasteiger partial charge is 0.243 e. The molecule has 0 aliphatic heterocycles. The summed E-state index contributed by atoms with van der Waals surface area (Å²) in [6, 6.07) is 11.7. The van der Waals surface area contributed by atoms with E-state index in [9.17, 15) is 17.6 Å². The highest BCUT2D eigenvalue weighted by Crippen LogP contribution is 2.14. The number of hydrogen-bond donors (Lipinski definition) is 1. The van der Waals surface area contributed by atoms with Gasteiger partial charge in [0.05, 0.1) is 11.4 Å². The summed E-state index contributed by atoms with van der Waals surface area (Å²) in [6.07, 6.45) is 0.584. The van der Waals surface area contributed by atoms with E-state index >= 15 is 0 Å². The van der Waals surface area contributed by atoms with Crippen LogP contribution in [0.15, 0.2) is 53.4 Å². The Bertz CT molecular complexity index is 841. The zero-order valence-electron chi connectivity index (χ0n) is 13.6. The van der Waals surface area contributed by atoms with Crippen LogP contribution in [-0.2, 0) is 21.2 Å². The predicted octanol–water partition coefficient (Wildman–Crippen LogP) is 2.46. The quantitative estimate of drug-likeness (QED) is 0.797. The normalized spacial score (nSPS) is 11.5. The van der Waals surface area contributed by atoms with E-state index in [2.05, 4.69) is 5.32 Å². The highest BCUT2D eigenvalue weighted by Gasteiger charge is 2.22. The lowest BCUT2D eigenvalue weighted by atomic mass is 10.1.